The van der Waals surface area contributed by atoms with Crippen molar-refractivity contribution in [3.05, 3.63) is 42.6 Å². The van der Waals surface area contributed by atoms with Crippen LogP contribution in [0.2, 0.25) is 0 Å². The fourth-order valence-electron chi connectivity index (χ4n) is 2.30. The highest BCUT2D eigenvalue weighted by atomic mass is 16.5. The number of aromatic nitrogens is 3. The molecule has 0 bridgehead atoms. The molecule has 0 aliphatic heterocycles. The highest BCUT2D eigenvalue weighted by molar-refractivity contribution is 5.69. The molecule has 0 aliphatic rings. The summed E-state index contributed by atoms with van der Waals surface area (Å²) in [6.07, 6.45) is 2.47. The van der Waals surface area contributed by atoms with Crippen LogP contribution < -0.4 is 10.1 Å². The molecule has 114 valence electrons. The van der Waals surface area contributed by atoms with Crippen LogP contribution >= 0.6 is 0 Å². The Kier molecular flexibility index (Phi) is 4.20. The summed E-state index contributed by atoms with van der Waals surface area (Å²) in [4.78, 5) is 4.39. The first kappa shape index (κ1) is 14.3. The molecule has 0 saturated carbocycles. The zero-order valence-electron chi connectivity index (χ0n) is 12.4. The molecule has 3 aromatic rings. The second kappa shape index (κ2) is 6.44. The maximum Gasteiger partial charge on any atom is 0.154 e. The molecule has 0 spiro atoms. The van der Waals surface area contributed by atoms with Gasteiger partial charge < -0.3 is 15.2 Å². The number of anilines is 1. The lowest BCUT2D eigenvalue weighted by Crippen LogP contribution is -2.07. The number of para-hydroxylation sites is 1. The van der Waals surface area contributed by atoms with E-state index < -0.39 is 0 Å². The molecule has 1 aromatic carbocycles. The van der Waals surface area contributed by atoms with E-state index in [2.05, 4.69) is 15.4 Å². The molecule has 0 fully saturated rings. The maximum absolute atomic E-state index is 8.84. The third-order valence-electron chi connectivity index (χ3n) is 3.39. The summed E-state index contributed by atoms with van der Waals surface area (Å²) in [6, 6.07) is 11.6. The third-order valence-corrected chi connectivity index (χ3v) is 3.39. The Bertz CT molecular complexity index is 770. The minimum atomic E-state index is 0.160. The molecule has 0 atom stereocenters. The monoisotopic (exact) mass is 298 g/mol. The van der Waals surface area contributed by atoms with Gasteiger partial charge in [0.1, 0.15) is 11.6 Å². The van der Waals surface area contributed by atoms with E-state index in [1.807, 2.05) is 36.4 Å². The zero-order valence-corrected chi connectivity index (χ0v) is 12.4. The molecule has 0 saturated heterocycles. The molecule has 3 rings (SSSR count). The third kappa shape index (κ3) is 2.73. The van der Waals surface area contributed by atoms with Gasteiger partial charge in [-0.15, -0.1) is 5.10 Å². The van der Waals surface area contributed by atoms with Crippen LogP contribution in [-0.2, 0) is 0 Å². The number of nitrogens with zero attached hydrogens (tertiary/aromatic N) is 3. The summed E-state index contributed by atoms with van der Waals surface area (Å²) in [7, 11) is 1.65. The molecule has 2 aromatic heterocycles. The standard InChI is InChI=1S/C16H18N4O2/c1-22-14-6-3-2-5-12(14)13-11-18-16-8-7-15(19-20(13)16)17-9-4-10-21/h2-3,5-8,11,21H,4,9-10H2,1H3,(H,17,19). The Morgan fingerprint density at radius 1 is 1.23 bits per heavy atom. The summed E-state index contributed by atoms with van der Waals surface area (Å²) < 4.78 is 7.21. The molecular weight excluding hydrogens is 280 g/mol. The first-order valence-electron chi connectivity index (χ1n) is 7.16. The van der Waals surface area contributed by atoms with Crippen LogP contribution in [0.25, 0.3) is 16.9 Å². The summed E-state index contributed by atoms with van der Waals surface area (Å²) in [6.45, 7) is 0.834. The van der Waals surface area contributed by atoms with Crippen LogP contribution in [0.5, 0.6) is 5.75 Å². The van der Waals surface area contributed by atoms with Crippen molar-refractivity contribution in [3.63, 3.8) is 0 Å². The number of methoxy groups -OCH3 is 1. The van der Waals surface area contributed by atoms with E-state index in [0.29, 0.717) is 13.0 Å². The lowest BCUT2D eigenvalue weighted by Gasteiger charge is -2.09. The van der Waals surface area contributed by atoms with Crippen LogP contribution in [0.3, 0.4) is 0 Å². The van der Waals surface area contributed by atoms with Gasteiger partial charge in [0.25, 0.3) is 0 Å². The largest absolute Gasteiger partial charge is 0.496 e. The van der Waals surface area contributed by atoms with E-state index in [1.165, 1.54) is 0 Å². The molecule has 6 nitrogen and oxygen atoms in total. The summed E-state index contributed by atoms with van der Waals surface area (Å²) in [5.74, 6) is 1.53. The van der Waals surface area contributed by atoms with E-state index in [9.17, 15) is 0 Å². The van der Waals surface area contributed by atoms with Crippen LogP contribution in [0, 0.1) is 0 Å². The van der Waals surface area contributed by atoms with Crippen molar-refractivity contribution >= 4 is 11.5 Å². The number of hydrogen-bond donors (Lipinski definition) is 2. The van der Waals surface area contributed by atoms with E-state index in [-0.39, 0.29) is 6.61 Å². The second-order valence-corrected chi connectivity index (χ2v) is 4.84. The van der Waals surface area contributed by atoms with Gasteiger partial charge in [-0.05, 0) is 30.7 Å². The number of fused-ring (bicyclic) bond motifs is 1. The molecule has 22 heavy (non-hydrogen) atoms. The fraction of sp³-hybridized carbons (Fsp3) is 0.250. The quantitative estimate of drug-likeness (QED) is 0.683. The van der Waals surface area contributed by atoms with Crippen LogP contribution in [-0.4, -0.2) is 40.0 Å². The van der Waals surface area contributed by atoms with Gasteiger partial charge in [-0.25, -0.2) is 9.50 Å². The van der Waals surface area contributed by atoms with Gasteiger partial charge >= 0.3 is 0 Å². The first-order chi connectivity index (χ1) is 10.8. The number of aliphatic hydroxyl groups excluding tert-OH is 1. The van der Waals surface area contributed by atoms with Crippen LogP contribution in [0.4, 0.5) is 5.82 Å². The van der Waals surface area contributed by atoms with Gasteiger partial charge in [-0.3, -0.25) is 0 Å². The Hall–Kier alpha value is -2.60. The van der Waals surface area contributed by atoms with Gasteiger partial charge in [0.2, 0.25) is 0 Å². The van der Waals surface area contributed by atoms with Crippen molar-refractivity contribution < 1.29 is 9.84 Å². The van der Waals surface area contributed by atoms with Crippen molar-refractivity contribution in [3.8, 4) is 17.0 Å². The van der Waals surface area contributed by atoms with Gasteiger partial charge in [0.05, 0.1) is 19.0 Å². The number of nitrogens with one attached hydrogen (secondary N) is 1. The molecule has 0 radical (unpaired) electrons. The molecular formula is C16H18N4O2. The molecule has 0 unspecified atom stereocenters. The van der Waals surface area contributed by atoms with Gasteiger partial charge in [0, 0.05) is 18.7 Å². The van der Waals surface area contributed by atoms with E-state index >= 15 is 0 Å². The summed E-state index contributed by atoms with van der Waals surface area (Å²) >= 11 is 0. The average molecular weight is 298 g/mol. The van der Waals surface area contributed by atoms with Crippen molar-refractivity contribution in [2.45, 2.75) is 6.42 Å². The lowest BCUT2D eigenvalue weighted by atomic mass is 10.1. The Labute approximate surface area is 128 Å². The second-order valence-electron chi connectivity index (χ2n) is 4.84. The van der Waals surface area contributed by atoms with Gasteiger partial charge in [-0.1, -0.05) is 12.1 Å². The van der Waals surface area contributed by atoms with E-state index in [1.54, 1.807) is 17.8 Å². The number of aliphatic hydroxyl groups is 1. The Morgan fingerprint density at radius 3 is 2.91 bits per heavy atom. The highest BCUT2D eigenvalue weighted by Gasteiger charge is 2.11. The van der Waals surface area contributed by atoms with Crippen molar-refractivity contribution in [1.29, 1.82) is 0 Å². The van der Waals surface area contributed by atoms with Crippen molar-refractivity contribution in [2.75, 3.05) is 25.6 Å². The zero-order chi connectivity index (χ0) is 15.4. The number of ether oxygens (including phenoxy) is 1. The minimum absolute atomic E-state index is 0.160. The number of hydrogen-bond acceptors (Lipinski definition) is 5. The highest BCUT2D eigenvalue weighted by Crippen LogP contribution is 2.29. The number of imidazole rings is 1. The summed E-state index contributed by atoms with van der Waals surface area (Å²) in [5.41, 5.74) is 2.59. The van der Waals surface area contributed by atoms with Crippen molar-refractivity contribution in [1.82, 2.24) is 14.6 Å². The minimum Gasteiger partial charge on any atom is -0.496 e. The lowest BCUT2D eigenvalue weighted by molar-refractivity contribution is 0.292. The first-order valence-corrected chi connectivity index (χ1v) is 7.16. The SMILES string of the molecule is COc1ccccc1-c1cnc2ccc(NCCCO)nn12. The maximum atomic E-state index is 8.84. The predicted molar refractivity (Wildman–Crippen MR) is 85.2 cm³/mol. The van der Waals surface area contributed by atoms with Gasteiger partial charge in [-0.2, -0.15) is 0 Å². The van der Waals surface area contributed by atoms with E-state index in [0.717, 1.165) is 28.5 Å². The Balaban J connectivity index is 2.01. The smallest absolute Gasteiger partial charge is 0.154 e. The predicted octanol–water partition coefficient (Wildman–Crippen LogP) is 2.20. The Morgan fingerprint density at radius 2 is 2.09 bits per heavy atom. The number of rotatable bonds is 6. The normalized spacial score (nSPS) is 10.8. The molecule has 6 heteroatoms. The molecule has 0 amide bonds. The molecule has 2 N–H and O–H groups in total. The van der Waals surface area contributed by atoms with Gasteiger partial charge in [0.15, 0.2) is 5.65 Å². The molecule has 0 aliphatic carbocycles. The topological polar surface area (TPSA) is 71.7 Å². The van der Waals surface area contributed by atoms with Crippen LogP contribution in [0.15, 0.2) is 42.6 Å². The number of benzene rings is 1. The van der Waals surface area contributed by atoms with Crippen LogP contribution in [0.1, 0.15) is 6.42 Å². The van der Waals surface area contributed by atoms with E-state index in [4.69, 9.17) is 9.84 Å². The molecule has 2 heterocycles. The van der Waals surface area contributed by atoms with Crippen molar-refractivity contribution in [2.24, 2.45) is 0 Å². The average Bonchev–Trinajstić information content (AvgIpc) is 2.98. The fourth-order valence-corrected chi connectivity index (χ4v) is 2.30. The summed E-state index contributed by atoms with van der Waals surface area (Å²) in [5, 5.41) is 16.6.